The largest absolute Gasteiger partial charge is 0.478 e. The average molecular weight is 461 g/mol. The predicted molar refractivity (Wildman–Crippen MR) is 132 cm³/mol. The molecule has 6 nitrogen and oxygen atoms in total. The molecule has 3 aromatic rings. The van der Waals surface area contributed by atoms with Crippen molar-refractivity contribution in [3.63, 3.8) is 0 Å². The number of carboxylic acids is 1. The second-order valence-electron chi connectivity index (χ2n) is 9.59. The Hall–Kier alpha value is -3.12. The Bertz CT molecular complexity index is 1220. The molecule has 0 saturated heterocycles. The zero-order chi connectivity index (χ0) is 23.7. The van der Waals surface area contributed by atoms with Gasteiger partial charge in [-0.25, -0.2) is 4.79 Å². The van der Waals surface area contributed by atoms with Gasteiger partial charge < -0.3 is 19.7 Å². The number of hydrogen-bond acceptors (Lipinski definition) is 3. The lowest BCUT2D eigenvalue weighted by Gasteiger charge is -2.24. The summed E-state index contributed by atoms with van der Waals surface area (Å²) >= 11 is 0. The van der Waals surface area contributed by atoms with Gasteiger partial charge in [0.2, 0.25) is 5.91 Å². The highest BCUT2D eigenvalue weighted by molar-refractivity contribution is 5.99. The molecule has 1 saturated carbocycles. The monoisotopic (exact) mass is 460 g/mol. The molecule has 178 valence electrons. The first-order chi connectivity index (χ1) is 16.6. The number of nitrogens with zero attached hydrogens (tertiary/aromatic N) is 1. The zero-order valence-electron chi connectivity index (χ0n) is 19.7. The van der Waals surface area contributed by atoms with Gasteiger partial charge in [0.1, 0.15) is 0 Å². The molecule has 0 spiro atoms. The van der Waals surface area contributed by atoms with Gasteiger partial charge >= 0.3 is 5.97 Å². The van der Waals surface area contributed by atoms with E-state index in [1.54, 1.807) is 19.2 Å². The molecule has 0 bridgehead atoms. The maximum atomic E-state index is 13.2. The summed E-state index contributed by atoms with van der Waals surface area (Å²) < 4.78 is 7.34. The second kappa shape index (κ2) is 9.63. The Balaban J connectivity index is 1.71. The van der Waals surface area contributed by atoms with Gasteiger partial charge in [0.25, 0.3) is 0 Å². The Labute approximate surface area is 199 Å². The van der Waals surface area contributed by atoms with Crippen molar-refractivity contribution in [3.05, 3.63) is 59.2 Å². The molecule has 1 aliphatic heterocycles. The molecule has 2 N–H and O–H groups in total. The third-order valence-corrected chi connectivity index (χ3v) is 7.48. The number of benzene rings is 2. The number of carbonyl (C=O) groups is 2. The third-order valence-electron chi connectivity index (χ3n) is 7.48. The topological polar surface area (TPSA) is 80.6 Å². The summed E-state index contributed by atoms with van der Waals surface area (Å²) in [5, 5.41) is 13.8. The highest BCUT2D eigenvalue weighted by atomic mass is 16.5. The van der Waals surface area contributed by atoms with Gasteiger partial charge in [-0.1, -0.05) is 49.6 Å². The second-order valence-corrected chi connectivity index (χ2v) is 9.59. The molecule has 6 heteroatoms. The van der Waals surface area contributed by atoms with E-state index in [0.29, 0.717) is 32.0 Å². The lowest BCUT2D eigenvalue weighted by atomic mass is 9.81. The number of fused-ring (bicyclic) bond motifs is 5. The van der Waals surface area contributed by atoms with Crippen molar-refractivity contribution < 1.29 is 19.4 Å². The molecule has 0 radical (unpaired) electrons. The summed E-state index contributed by atoms with van der Waals surface area (Å²) in [5.41, 5.74) is 6.05. The summed E-state index contributed by atoms with van der Waals surface area (Å²) in [5.74, 6) is -0.722. The molecule has 2 aromatic carbocycles. The van der Waals surface area contributed by atoms with E-state index < -0.39 is 5.97 Å². The van der Waals surface area contributed by atoms with Gasteiger partial charge in [0.05, 0.1) is 23.8 Å². The van der Waals surface area contributed by atoms with Crippen LogP contribution in [0, 0.1) is 5.92 Å². The summed E-state index contributed by atoms with van der Waals surface area (Å²) in [7, 11) is 1.62. The lowest BCUT2D eigenvalue weighted by molar-refractivity contribution is -0.125. The highest BCUT2D eigenvalue weighted by Gasteiger charge is 2.32. The molecule has 1 unspecified atom stereocenters. The highest BCUT2D eigenvalue weighted by Crippen LogP contribution is 2.46. The van der Waals surface area contributed by atoms with Crippen LogP contribution in [0.25, 0.3) is 22.2 Å². The Morgan fingerprint density at radius 2 is 1.91 bits per heavy atom. The SMILES string of the molecule is COCCNC(=O)C1Cc2ccccc2-c2c(C3CCCCC3)c3ccc(C(=O)O)cc3n2C1. The molecule has 1 fully saturated rings. The van der Waals surface area contributed by atoms with Crippen molar-refractivity contribution in [3.8, 4) is 11.3 Å². The van der Waals surface area contributed by atoms with Crippen LogP contribution in [0.3, 0.4) is 0 Å². The van der Waals surface area contributed by atoms with Crippen molar-refractivity contribution in [2.75, 3.05) is 20.3 Å². The molecule has 1 aromatic heterocycles. The van der Waals surface area contributed by atoms with E-state index in [4.69, 9.17) is 4.74 Å². The molecule has 1 amide bonds. The number of nitrogens with one attached hydrogen (secondary N) is 1. The minimum absolute atomic E-state index is 0.00941. The number of amides is 1. The number of ether oxygens (including phenoxy) is 1. The van der Waals surface area contributed by atoms with Crippen LogP contribution in [-0.4, -0.2) is 41.8 Å². The van der Waals surface area contributed by atoms with Gasteiger partial charge in [0, 0.05) is 36.7 Å². The van der Waals surface area contributed by atoms with Crippen molar-refractivity contribution in [2.45, 2.75) is 51.0 Å². The molecule has 5 rings (SSSR count). The fraction of sp³-hybridized carbons (Fsp3) is 0.429. The standard InChI is InChI=1S/C28H32N2O4/c1-34-14-13-29-27(31)21-15-19-9-5-6-10-22(19)26-25(18-7-3-2-4-8-18)23-12-11-20(28(32)33)16-24(23)30(26)17-21/h5-6,9-12,16,18,21H,2-4,7-8,13-15,17H2,1H3,(H,29,31)(H,32,33). The van der Waals surface area contributed by atoms with Gasteiger partial charge in [0.15, 0.2) is 0 Å². The van der Waals surface area contributed by atoms with Crippen LogP contribution in [-0.2, 0) is 22.5 Å². The van der Waals surface area contributed by atoms with Gasteiger partial charge in [-0.2, -0.15) is 0 Å². The molecule has 1 atom stereocenters. The molecular formula is C28H32N2O4. The summed E-state index contributed by atoms with van der Waals surface area (Å²) in [6.07, 6.45) is 6.66. The number of carboxylic acid groups (broad SMARTS) is 1. The van der Waals surface area contributed by atoms with Crippen LogP contribution in [0.4, 0.5) is 0 Å². The number of aromatic nitrogens is 1. The predicted octanol–water partition coefficient (Wildman–Crippen LogP) is 4.99. The smallest absolute Gasteiger partial charge is 0.335 e. The summed E-state index contributed by atoms with van der Waals surface area (Å²) in [4.78, 5) is 25.0. The summed E-state index contributed by atoms with van der Waals surface area (Å²) in [6.45, 7) is 1.47. The molecule has 2 heterocycles. The first kappa shape index (κ1) is 22.7. The zero-order valence-corrected chi connectivity index (χ0v) is 19.7. The molecular weight excluding hydrogens is 428 g/mol. The first-order valence-corrected chi connectivity index (χ1v) is 12.3. The maximum absolute atomic E-state index is 13.2. The van der Waals surface area contributed by atoms with Gasteiger partial charge in [-0.3, -0.25) is 4.79 Å². The Morgan fingerprint density at radius 1 is 1.12 bits per heavy atom. The van der Waals surface area contributed by atoms with Gasteiger partial charge in [-0.15, -0.1) is 0 Å². The van der Waals surface area contributed by atoms with Gasteiger partial charge in [-0.05, 0) is 48.4 Å². The van der Waals surface area contributed by atoms with Crippen molar-refractivity contribution in [1.29, 1.82) is 0 Å². The summed E-state index contributed by atoms with van der Waals surface area (Å²) in [6, 6.07) is 13.9. The lowest BCUT2D eigenvalue weighted by Crippen LogP contribution is -2.35. The van der Waals surface area contributed by atoms with Crippen LogP contribution < -0.4 is 5.32 Å². The van der Waals surface area contributed by atoms with Crippen LogP contribution in [0.1, 0.15) is 59.5 Å². The van der Waals surface area contributed by atoms with Crippen LogP contribution in [0.5, 0.6) is 0 Å². The number of hydrogen-bond donors (Lipinski definition) is 2. The number of methoxy groups -OCH3 is 1. The molecule has 1 aliphatic carbocycles. The molecule has 34 heavy (non-hydrogen) atoms. The Morgan fingerprint density at radius 3 is 2.68 bits per heavy atom. The van der Waals surface area contributed by atoms with Crippen molar-refractivity contribution >= 4 is 22.8 Å². The van der Waals surface area contributed by atoms with Crippen LogP contribution >= 0.6 is 0 Å². The third kappa shape index (κ3) is 4.11. The minimum atomic E-state index is -0.931. The van der Waals surface area contributed by atoms with E-state index in [2.05, 4.69) is 28.1 Å². The quantitative estimate of drug-likeness (QED) is 0.508. The number of carbonyl (C=O) groups excluding carboxylic acids is 1. The van der Waals surface area contributed by atoms with E-state index >= 15 is 0 Å². The first-order valence-electron chi connectivity index (χ1n) is 12.3. The van der Waals surface area contributed by atoms with E-state index in [9.17, 15) is 14.7 Å². The fourth-order valence-corrected chi connectivity index (χ4v) is 5.87. The molecule has 2 aliphatic rings. The van der Waals surface area contributed by atoms with Crippen LogP contribution in [0.2, 0.25) is 0 Å². The number of aromatic carboxylic acids is 1. The number of rotatable bonds is 6. The normalized spacial score (nSPS) is 18.2. The van der Waals surface area contributed by atoms with E-state index in [1.165, 1.54) is 41.6 Å². The van der Waals surface area contributed by atoms with Crippen molar-refractivity contribution in [2.24, 2.45) is 5.92 Å². The Kier molecular flexibility index (Phi) is 6.42. The minimum Gasteiger partial charge on any atom is -0.478 e. The average Bonchev–Trinajstić information content (AvgIpc) is 3.07. The maximum Gasteiger partial charge on any atom is 0.335 e. The van der Waals surface area contributed by atoms with E-state index in [-0.39, 0.29) is 17.4 Å². The van der Waals surface area contributed by atoms with Crippen LogP contribution in [0.15, 0.2) is 42.5 Å². The van der Waals surface area contributed by atoms with E-state index in [0.717, 1.165) is 23.7 Å². The van der Waals surface area contributed by atoms with Crippen molar-refractivity contribution in [1.82, 2.24) is 9.88 Å². The fourth-order valence-electron chi connectivity index (χ4n) is 5.87. The van der Waals surface area contributed by atoms with E-state index in [1.807, 2.05) is 12.1 Å².